The Morgan fingerprint density at radius 1 is 0.886 bits per heavy atom. The molecule has 178 valence electrons. The Morgan fingerprint density at radius 3 is 2.26 bits per heavy atom. The molecular formula is C26H24N4O3S2. The van der Waals surface area contributed by atoms with Crippen molar-refractivity contribution in [2.24, 2.45) is 0 Å². The van der Waals surface area contributed by atoms with E-state index in [0.29, 0.717) is 16.9 Å². The molecule has 0 atom stereocenters. The number of hydrogen-bond donors (Lipinski definition) is 0. The lowest BCUT2D eigenvalue weighted by atomic mass is 10.1. The van der Waals surface area contributed by atoms with Crippen LogP contribution in [0.5, 0.6) is 5.75 Å². The molecule has 2 aromatic heterocycles. The molecule has 7 nitrogen and oxygen atoms in total. The van der Waals surface area contributed by atoms with Crippen LogP contribution < -0.4 is 4.74 Å². The summed E-state index contributed by atoms with van der Waals surface area (Å²) in [5, 5.41) is 10.8. The molecule has 0 amide bonds. The molecule has 5 rings (SSSR count). The summed E-state index contributed by atoms with van der Waals surface area (Å²) >= 11 is 1.59. The lowest BCUT2D eigenvalue weighted by Crippen LogP contribution is -2.11. The number of rotatable bonds is 7. The highest BCUT2D eigenvalue weighted by Crippen LogP contribution is 2.36. The summed E-state index contributed by atoms with van der Waals surface area (Å²) in [7, 11) is -2.19. The maximum absolute atomic E-state index is 13.6. The second-order valence-corrected chi connectivity index (χ2v) is 11.5. The minimum Gasteiger partial charge on any atom is -0.497 e. The highest BCUT2D eigenvalue weighted by Gasteiger charge is 2.25. The first-order chi connectivity index (χ1) is 16.9. The maximum atomic E-state index is 13.6. The van der Waals surface area contributed by atoms with Crippen LogP contribution in [-0.4, -0.2) is 39.5 Å². The second-order valence-electron chi connectivity index (χ2n) is 8.18. The third kappa shape index (κ3) is 4.21. The number of nitrogens with zero attached hydrogens (tertiary/aromatic N) is 4. The monoisotopic (exact) mass is 504 g/mol. The van der Waals surface area contributed by atoms with Crippen LogP contribution in [0.1, 0.15) is 13.8 Å². The number of benzene rings is 3. The molecule has 5 aromatic rings. The van der Waals surface area contributed by atoms with Gasteiger partial charge in [0.15, 0.2) is 11.0 Å². The summed E-state index contributed by atoms with van der Waals surface area (Å²) in [5.74, 6) is 1.31. The Kier molecular flexibility index (Phi) is 6.12. The van der Waals surface area contributed by atoms with Gasteiger partial charge in [0.1, 0.15) is 5.75 Å². The number of para-hydroxylation sites is 1. The molecule has 0 radical (unpaired) electrons. The third-order valence-corrected chi connectivity index (χ3v) is 8.16. The fourth-order valence-corrected chi connectivity index (χ4v) is 6.13. The van der Waals surface area contributed by atoms with Crippen LogP contribution in [0.3, 0.4) is 0 Å². The molecule has 0 unspecified atom stereocenters. The van der Waals surface area contributed by atoms with Crippen molar-refractivity contribution in [1.82, 2.24) is 18.7 Å². The lowest BCUT2D eigenvalue weighted by molar-refractivity contribution is 0.414. The van der Waals surface area contributed by atoms with Crippen LogP contribution in [0.4, 0.5) is 0 Å². The molecule has 35 heavy (non-hydrogen) atoms. The number of methoxy groups -OCH3 is 1. The van der Waals surface area contributed by atoms with E-state index < -0.39 is 10.0 Å². The van der Waals surface area contributed by atoms with Crippen LogP contribution >= 0.6 is 11.8 Å². The topological polar surface area (TPSA) is 79.0 Å². The van der Waals surface area contributed by atoms with Crippen molar-refractivity contribution >= 4 is 32.7 Å². The molecule has 0 aliphatic heterocycles. The predicted octanol–water partition coefficient (Wildman–Crippen LogP) is 5.64. The van der Waals surface area contributed by atoms with Gasteiger partial charge in [0.05, 0.1) is 17.5 Å². The first-order valence-electron chi connectivity index (χ1n) is 11.1. The lowest BCUT2D eigenvalue weighted by Gasteiger charge is -2.12. The van der Waals surface area contributed by atoms with Gasteiger partial charge >= 0.3 is 0 Å². The van der Waals surface area contributed by atoms with Gasteiger partial charge in [-0.1, -0.05) is 62.0 Å². The summed E-state index contributed by atoms with van der Waals surface area (Å²) in [4.78, 5) is 0.222. The van der Waals surface area contributed by atoms with E-state index in [1.54, 1.807) is 61.5 Å². The van der Waals surface area contributed by atoms with Gasteiger partial charge in [-0.05, 0) is 42.5 Å². The van der Waals surface area contributed by atoms with Gasteiger partial charge in [0.25, 0.3) is 10.0 Å². The summed E-state index contributed by atoms with van der Waals surface area (Å²) < 4.78 is 35.8. The summed E-state index contributed by atoms with van der Waals surface area (Å²) in [5.41, 5.74) is 2.12. The maximum Gasteiger partial charge on any atom is 0.268 e. The van der Waals surface area contributed by atoms with E-state index in [4.69, 9.17) is 4.74 Å². The number of hydrogen-bond acceptors (Lipinski definition) is 6. The van der Waals surface area contributed by atoms with Gasteiger partial charge in [0.2, 0.25) is 0 Å². The van der Waals surface area contributed by atoms with Gasteiger partial charge < -0.3 is 4.74 Å². The Bertz CT molecular complexity index is 1590. The van der Waals surface area contributed by atoms with Crippen molar-refractivity contribution in [2.75, 3.05) is 7.11 Å². The van der Waals surface area contributed by atoms with E-state index >= 15 is 0 Å². The van der Waals surface area contributed by atoms with Gasteiger partial charge in [-0.15, -0.1) is 10.2 Å². The molecular weight excluding hydrogens is 480 g/mol. The fraction of sp³-hybridized carbons (Fsp3) is 0.154. The van der Waals surface area contributed by atoms with E-state index in [-0.39, 0.29) is 10.1 Å². The van der Waals surface area contributed by atoms with Crippen molar-refractivity contribution in [3.8, 4) is 22.8 Å². The van der Waals surface area contributed by atoms with E-state index in [0.717, 1.165) is 22.0 Å². The third-order valence-electron chi connectivity index (χ3n) is 5.52. The summed E-state index contributed by atoms with van der Waals surface area (Å²) in [6.07, 6.45) is 1.64. The smallest absolute Gasteiger partial charge is 0.268 e. The first kappa shape index (κ1) is 23.2. The average Bonchev–Trinajstić information content (AvgIpc) is 3.46. The molecule has 0 saturated carbocycles. The highest BCUT2D eigenvalue weighted by molar-refractivity contribution is 7.99. The fourth-order valence-electron chi connectivity index (χ4n) is 3.93. The number of aromatic nitrogens is 4. The van der Waals surface area contributed by atoms with Gasteiger partial charge in [-0.25, -0.2) is 12.4 Å². The van der Waals surface area contributed by atoms with Crippen LogP contribution in [-0.2, 0) is 10.0 Å². The minimum absolute atomic E-state index is 0.222. The molecule has 0 aliphatic carbocycles. The molecule has 0 saturated heterocycles. The normalized spacial score (nSPS) is 11.9. The van der Waals surface area contributed by atoms with Crippen molar-refractivity contribution in [3.05, 3.63) is 85.1 Å². The quantitative estimate of drug-likeness (QED) is 0.267. The molecule has 0 spiro atoms. The molecule has 0 aliphatic rings. The largest absolute Gasteiger partial charge is 0.497 e. The Morgan fingerprint density at radius 2 is 1.57 bits per heavy atom. The molecule has 9 heteroatoms. The number of fused-ring (bicyclic) bond motifs is 1. The first-order valence-corrected chi connectivity index (χ1v) is 13.4. The Balaban J connectivity index is 1.75. The molecule has 0 fully saturated rings. The molecule has 0 N–H and O–H groups in total. The summed E-state index contributed by atoms with van der Waals surface area (Å²) in [6, 6.07) is 23.5. The zero-order valence-electron chi connectivity index (χ0n) is 19.5. The van der Waals surface area contributed by atoms with Crippen LogP contribution in [0.15, 0.2) is 95.1 Å². The SMILES string of the molecule is COc1ccc(-n2c(SC(C)C)nnc2-c2cn(S(=O)(=O)c3ccccc3)c3ccccc23)cc1. The van der Waals surface area contributed by atoms with Crippen molar-refractivity contribution in [3.63, 3.8) is 0 Å². The van der Waals surface area contributed by atoms with Gasteiger partial charge in [0, 0.05) is 28.1 Å². The van der Waals surface area contributed by atoms with Crippen LogP contribution in [0, 0.1) is 0 Å². The second kappa shape index (κ2) is 9.24. The van der Waals surface area contributed by atoms with Crippen molar-refractivity contribution < 1.29 is 13.2 Å². The van der Waals surface area contributed by atoms with Crippen LogP contribution in [0.2, 0.25) is 0 Å². The summed E-state index contributed by atoms with van der Waals surface area (Å²) in [6.45, 7) is 4.19. The highest BCUT2D eigenvalue weighted by atomic mass is 32.2. The van der Waals surface area contributed by atoms with Crippen LogP contribution in [0.25, 0.3) is 28.0 Å². The van der Waals surface area contributed by atoms with E-state index in [1.807, 2.05) is 47.0 Å². The van der Waals surface area contributed by atoms with E-state index in [9.17, 15) is 8.42 Å². The molecule has 3 aromatic carbocycles. The predicted molar refractivity (Wildman–Crippen MR) is 139 cm³/mol. The molecule has 0 bridgehead atoms. The minimum atomic E-state index is -3.81. The van der Waals surface area contributed by atoms with E-state index in [2.05, 4.69) is 24.0 Å². The van der Waals surface area contributed by atoms with Gasteiger partial charge in [-0.2, -0.15) is 0 Å². The van der Waals surface area contributed by atoms with Crippen molar-refractivity contribution in [1.29, 1.82) is 0 Å². The van der Waals surface area contributed by atoms with E-state index in [1.165, 1.54) is 3.97 Å². The number of thioether (sulfide) groups is 1. The Hall–Kier alpha value is -3.56. The Labute approximate surface area is 208 Å². The zero-order chi connectivity index (χ0) is 24.6. The zero-order valence-corrected chi connectivity index (χ0v) is 21.1. The number of ether oxygens (including phenoxy) is 1. The molecule has 2 heterocycles. The standard InChI is InChI=1S/C26H24N4O3S2/c1-18(2)34-26-28-27-25(30(26)19-13-15-20(33-3)16-14-19)23-17-29(24-12-8-7-11-22(23)24)35(31,32)21-9-5-4-6-10-21/h4-18H,1-3H3. The van der Waals surface area contributed by atoms with Crippen molar-refractivity contribution in [2.45, 2.75) is 29.1 Å². The van der Waals surface area contributed by atoms with Gasteiger partial charge in [-0.3, -0.25) is 4.57 Å². The average molecular weight is 505 g/mol.